The van der Waals surface area contributed by atoms with Crippen LogP contribution in [0.15, 0.2) is 47.2 Å². The van der Waals surface area contributed by atoms with Crippen molar-refractivity contribution in [2.24, 2.45) is 5.73 Å². The maximum atomic E-state index is 12.1. The van der Waals surface area contributed by atoms with Crippen molar-refractivity contribution in [3.05, 3.63) is 65.3 Å². The number of carbonyl (C=O) groups excluding carboxylic acids is 1. The number of rotatable bonds is 8. The molecule has 4 aromatic rings. The summed E-state index contributed by atoms with van der Waals surface area (Å²) in [5.41, 5.74) is 9.23. The van der Waals surface area contributed by atoms with Crippen LogP contribution in [0.3, 0.4) is 0 Å². The summed E-state index contributed by atoms with van der Waals surface area (Å²) >= 11 is 0. The second-order valence-electron chi connectivity index (χ2n) is 8.35. The Morgan fingerprint density at radius 1 is 1.20 bits per heavy atom. The first-order chi connectivity index (χ1) is 16.5. The number of nitrogens with zero attached hydrogens (tertiary/aromatic N) is 3. The first-order valence-corrected chi connectivity index (χ1v) is 12.8. The first-order valence-electron chi connectivity index (χ1n) is 10.7. The van der Waals surface area contributed by atoms with E-state index in [1.54, 1.807) is 30.3 Å². The van der Waals surface area contributed by atoms with Gasteiger partial charge in [-0.05, 0) is 62.5 Å². The van der Waals surface area contributed by atoms with E-state index in [0.29, 0.717) is 39.8 Å². The molecule has 2 heterocycles. The van der Waals surface area contributed by atoms with Crippen LogP contribution in [0.1, 0.15) is 40.4 Å². The Kier molecular flexibility index (Phi) is 6.35. The number of hydrogen-bond acceptors (Lipinski definition) is 8. The van der Waals surface area contributed by atoms with E-state index in [-0.39, 0.29) is 0 Å². The molecule has 11 heteroatoms. The zero-order valence-electron chi connectivity index (χ0n) is 19.8. The maximum absolute atomic E-state index is 12.1. The van der Waals surface area contributed by atoms with Gasteiger partial charge in [0.15, 0.2) is 11.9 Å². The maximum Gasteiger partial charge on any atom is 0.248 e. The molecular formula is C24H26N6O4S. The predicted molar refractivity (Wildman–Crippen MR) is 138 cm³/mol. The minimum Gasteiger partial charge on any atom is -0.480 e. The van der Waals surface area contributed by atoms with E-state index < -0.39 is 21.7 Å². The molecule has 0 fully saturated rings. The smallest absolute Gasteiger partial charge is 0.248 e. The fourth-order valence-electron chi connectivity index (χ4n) is 3.62. The topological polar surface area (TPSA) is 145 Å². The Labute approximate surface area is 203 Å². The van der Waals surface area contributed by atoms with E-state index >= 15 is 0 Å². The van der Waals surface area contributed by atoms with Gasteiger partial charge in [-0.1, -0.05) is 5.16 Å². The number of benzene rings is 2. The third-order valence-electron chi connectivity index (χ3n) is 5.14. The van der Waals surface area contributed by atoms with Crippen molar-refractivity contribution in [2.75, 3.05) is 16.3 Å². The molecule has 4 rings (SSSR count). The van der Waals surface area contributed by atoms with Gasteiger partial charge < -0.3 is 25.0 Å². The summed E-state index contributed by atoms with van der Waals surface area (Å²) in [6.07, 6.45) is 2.47. The SMILES string of the molecule is C=S(C)(=O)Nc1cc(C)c2c(Nc3ccc(C(N)=O)cc3OC(C)c3cc(C)no3)ncnc2c1. The molecule has 4 N–H and O–H groups in total. The summed E-state index contributed by atoms with van der Waals surface area (Å²) in [4.78, 5) is 20.6. The van der Waals surface area contributed by atoms with Gasteiger partial charge in [-0.2, -0.15) is 0 Å². The largest absolute Gasteiger partial charge is 0.480 e. The zero-order chi connectivity index (χ0) is 25.3. The van der Waals surface area contributed by atoms with Gasteiger partial charge in [0.25, 0.3) is 0 Å². The van der Waals surface area contributed by atoms with Gasteiger partial charge in [-0.15, -0.1) is 0 Å². The molecule has 0 bridgehead atoms. The van der Waals surface area contributed by atoms with Gasteiger partial charge in [0.2, 0.25) is 5.91 Å². The summed E-state index contributed by atoms with van der Waals surface area (Å²) in [7, 11) is -2.45. The summed E-state index contributed by atoms with van der Waals surface area (Å²) in [5, 5.41) is 7.96. The summed E-state index contributed by atoms with van der Waals surface area (Å²) in [5.74, 6) is 4.52. The molecule has 2 aromatic carbocycles. The molecule has 2 aromatic heterocycles. The van der Waals surface area contributed by atoms with Gasteiger partial charge in [0.05, 0.1) is 16.9 Å². The van der Waals surface area contributed by atoms with E-state index in [0.717, 1.165) is 16.6 Å². The average Bonchev–Trinajstić information content (AvgIpc) is 3.20. The number of nitrogens with one attached hydrogen (secondary N) is 2. The van der Waals surface area contributed by atoms with Crippen molar-refractivity contribution in [1.29, 1.82) is 0 Å². The Morgan fingerprint density at radius 2 is 1.97 bits per heavy atom. The number of hydrogen-bond donors (Lipinski definition) is 3. The van der Waals surface area contributed by atoms with E-state index in [2.05, 4.69) is 31.0 Å². The fourth-order valence-corrected chi connectivity index (χ4v) is 4.24. The highest BCUT2D eigenvalue weighted by Gasteiger charge is 2.18. The molecule has 0 aliphatic heterocycles. The van der Waals surface area contributed by atoms with Crippen LogP contribution in [-0.4, -0.2) is 37.4 Å². The number of anilines is 3. The molecule has 2 atom stereocenters. The van der Waals surface area contributed by atoms with Crippen molar-refractivity contribution in [2.45, 2.75) is 26.9 Å². The normalized spacial score (nSPS) is 13.7. The Balaban J connectivity index is 1.73. The predicted octanol–water partition coefficient (Wildman–Crippen LogP) is 3.89. The average molecular weight is 495 g/mol. The molecule has 10 nitrogen and oxygen atoms in total. The van der Waals surface area contributed by atoms with Gasteiger partial charge in [-0.3, -0.25) is 4.79 Å². The van der Waals surface area contributed by atoms with Gasteiger partial charge >= 0.3 is 0 Å². The van der Waals surface area contributed by atoms with E-state index in [1.165, 1.54) is 12.6 Å². The van der Waals surface area contributed by atoms with Crippen LogP contribution in [0, 0.1) is 13.8 Å². The number of carbonyl (C=O) groups is 1. The third kappa shape index (κ3) is 5.52. The molecule has 0 saturated carbocycles. The minimum absolute atomic E-state index is 0.294. The highest BCUT2D eigenvalue weighted by atomic mass is 32.2. The standard InChI is InChI=1S/C24H26N6O4S/c1-13-8-17(30-35(4,5)32)11-19-22(13)24(27-12-26-19)28-18-7-6-16(23(25)31)10-21(18)33-15(3)20-9-14(2)29-34-20/h6-12,15H,4H2,1-3,5H3,(H2,25,31)(H,30,32)(H,26,27,28). The van der Waals surface area contributed by atoms with Crippen molar-refractivity contribution in [3.63, 3.8) is 0 Å². The van der Waals surface area contributed by atoms with Gasteiger partial charge in [0, 0.05) is 38.7 Å². The van der Waals surface area contributed by atoms with Crippen molar-refractivity contribution in [1.82, 2.24) is 15.1 Å². The summed E-state index contributed by atoms with van der Waals surface area (Å²) < 4.78 is 26.4. The molecule has 0 aliphatic rings. The van der Waals surface area contributed by atoms with Gasteiger partial charge in [0.1, 0.15) is 17.9 Å². The monoisotopic (exact) mass is 494 g/mol. The summed E-state index contributed by atoms with van der Waals surface area (Å²) in [6, 6.07) is 10.3. The van der Waals surface area contributed by atoms with E-state index in [1.807, 2.05) is 26.8 Å². The molecule has 35 heavy (non-hydrogen) atoms. The van der Waals surface area contributed by atoms with Crippen molar-refractivity contribution in [3.8, 4) is 5.75 Å². The molecular weight excluding hydrogens is 468 g/mol. The van der Waals surface area contributed by atoms with E-state index in [9.17, 15) is 9.00 Å². The van der Waals surface area contributed by atoms with Gasteiger partial charge in [-0.25, -0.2) is 14.2 Å². The second-order valence-corrected chi connectivity index (χ2v) is 10.6. The number of ether oxygens (including phenoxy) is 1. The Morgan fingerprint density at radius 3 is 2.63 bits per heavy atom. The number of aromatic nitrogens is 3. The number of primary amides is 1. The Bertz CT molecular complexity index is 1530. The lowest BCUT2D eigenvalue weighted by molar-refractivity contribution is 0.0999. The lowest BCUT2D eigenvalue weighted by Crippen LogP contribution is -2.12. The molecule has 0 saturated heterocycles. The molecule has 2 unspecified atom stereocenters. The molecule has 0 aliphatic carbocycles. The lowest BCUT2D eigenvalue weighted by atomic mass is 10.1. The Hall–Kier alpha value is -4.12. The fraction of sp³-hybridized carbons (Fsp3) is 0.208. The number of aryl methyl sites for hydroxylation is 2. The first kappa shape index (κ1) is 24.0. The highest BCUT2D eigenvalue weighted by molar-refractivity contribution is 8.00. The third-order valence-corrected chi connectivity index (χ3v) is 5.81. The van der Waals surface area contributed by atoms with Crippen LogP contribution in [0.25, 0.3) is 10.9 Å². The second kappa shape index (κ2) is 9.26. The van der Waals surface area contributed by atoms with Crippen molar-refractivity contribution < 1.29 is 18.3 Å². The van der Waals surface area contributed by atoms with Crippen LogP contribution in [0.4, 0.5) is 17.2 Å². The van der Waals surface area contributed by atoms with Crippen LogP contribution >= 0.6 is 0 Å². The molecule has 0 radical (unpaired) electrons. The molecule has 182 valence electrons. The van der Waals surface area contributed by atoms with E-state index in [4.69, 9.17) is 15.0 Å². The van der Waals surface area contributed by atoms with Crippen LogP contribution in [0.5, 0.6) is 5.75 Å². The van der Waals surface area contributed by atoms with Crippen LogP contribution in [-0.2, 0) is 9.71 Å². The highest BCUT2D eigenvalue weighted by Crippen LogP contribution is 2.35. The number of amides is 1. The summed E-state index contributed by atoms with van der Waals surface area (Å²) in [6.45, 7) is 5.54. The van der Waals surface area contributed by atoms with Crippen LogP contribution < -0.4 is 20.5 Å². The lowest BCUT2D eigenvalue weighted by Gasteiger charge is -2.18. The van der Waals surface area contributed by atoms with Crippen LogP contribution in [0.2, 0.25) is 0 Å². The minimum atomic E-state index is -2.45. The number of nitrogens with two attached hydrogens (primary N) is 1. The number of fused-ring (bicyclic) bond motifs is 1. The van der Waals surface area contributed by atoms with Crippen molar-refractivity contribution >= 4 is 49.6 Å². The zero-order valence-corrected chi connectivity index (χ0v) is 20.6. The molecule has 1 amide bonds. The quantitative estimate of drug-likeness (QED) is 0.313. The molecule has 0 spiro atoms.